The molecule has 1 aliphatic rings. The number of pyridine rings is 1. The van der Waals surface area contributed by atoms with Crippen molar-refractivity contribution in [3.63, 3.8) is 0 Å². The molecule has 0 spiro atoms. The summed E-state index contributed by atoms with van der Waals surface area (Å²) in [6, 6.07) is 1.74. The Kier molecular flexibility index (Phi) is 3.24. The van der Waals surface area contributed by atoms with Crippen LogP contribution in [0.1, 0.15) is 26.2 Å². The molecule has 1 saturated carbocycles. The average Bonchev–Trinajstić information content (AvgIpc) is 2.07. The molecule has 4 heteroatoms. The molecule has 0 aromatic carbocycles. The van der Waals surface area contributed by atoms with E-state index in [0.29, 0.717) is 22.3 Å². The van der Waals surface area contributed by atoms with Gasteiger partial charge in [0.15, 0.2) is 11.6 Å². The van der Waals surface area contributed by atoms with Crippen LogP contribution in [-0.2, 0) is 0 Å². The molecule has 15 heavy (non-hydrogen) atoms. The lowest BCUT2D eigenvalue weighted by Gasteiger charge is -2.32. The van der Waals surface area contributed by atoms with Gasteiger partial charge >= 0.3 is 0 Å². The Bertz CT molecular complexity index is 352. The Balaban J connectivity index is 2.03. The van der Waals surface area contributed by atoms with Gasteiger partial charge in [-0.1, -0.05) is 6.42 Å². The van der Waals surface area contributed by atoms with Gasteiger partial charge in [0, 0.05) is 16.7 Å². The van der Waals surface area contributed by atoms with Gasteiger partial charge in [0.2, 0.25) is 0 Å². The lowest BCUT2D eigenvalue weighted by atomic mass is 9.80. The maximum atomic E-state index is 13.4. The van der Waals surface area contributed by atoms with E-state index in [-0.39, 0.29) is 5.82 Å². The SMILES string of the molecule is CC(Nc1ncc(Br)cc1F)C1CCC1. The normalized spacial score (nSPS) is 18.3. The summed E-state index contributed by atoms with van der Waals surface area (Å²) in [6.45, 7) is 2.09. The van der Waals surface area contributed by atoms with Crippen molar-refractivity contribution in [2.45, 2.75) is 32.2 Å². The van der Waals surface area contributed by atoms with Crippen LogP contribution < -0.4 is 5.32 Å². The van der Waals surface area contributed by atoms with Crippen LogP contribution in [0, 0.1) is 11.7 Å². The summed E-state index contributed by atoms with van der Waals surface area (Å²) >= 11 is 3.19. The number of anilines is 1. The van der Waals surface area contributed by atoms with Crippen LogP contribution in [0.3, 0.4) is 0 Å². The molecule has 0 amide bonds. The van der Waals surface area contributed by atoms with Crippen molar-refractivity contribution >= 4 is 21.7 Å². The third-order valence-corrected chi connectivity index (χ3v) is 3.46. The molecule has 0 bridgehead atoms. The first-order valence-electron chi connectivity index (χ1n) is 5.24. The van der Waals surface area contributed by atoms with Crippen LogP contribution in [0.25, 0.3) is 0 Å². The average molecular weight is 273 g/mol. The third kappa shape index (κ3) is 2.48. The van der Waals surface area contributed by atoms with Crippen LogP contribution in [-0.4, -0.2) is 11.0 Å². The highest BCUT2D eigenvalue weighted by atomic mass is 79.9. The number of nitrogens with zero attached hydrogens (tertiary/aromatic N) is 1. The molecule has 1 unspecified atom stereocenters. The van der Waals surface area contributed by atoms with E-state index in [1.807, 2.05) is 0 Å². The van der Waals surface area contributed by atoms with Gasteiger partial charge in [-0.05, 0) is 47.7 Å². The topological polar surface area (TPSA) is 24.9 Å². The summed E-state index contributed by atoms with van der Waals surface area (Å²) in [6.07, 6.45) is 5.39. The Morgan fingerprint density at radius 1 is 1.60 bits per heavy atom. The van der Waals surface area contributed by atoms with Crippen LogP contribution in [0.15, 0.2) is 16.7 Å². The molecule has 1 aliphatic carbocycles. The van der Waals surface area contributed by atoms with E-state index >= 15 is 0 Å². The van der Waals surface area contributed by atoms with E-state index in [4.69, 9.17) is 0 Å². The molecule has 2 rings (SSSR count). The summed E-state index contributed by atoms with van der Waals surface area (Å²) < 4.78 is 14.1. The predicted molar refractivity (Wildman–Crippen MR) is 62.3 cm³/mol. The Hall–Kier alpha value is -0.640. The van der Waals surface area contributed by atoms with Gasteiger partial charge < -0.3 is 5.32 Å². The zero-order chi connectivity index (χ0) is 10.8. The fraction of sp³-hybridized carbons (Fsp3) is 0.545. The summed E-state index contributed by atoms with van der Waals surface area (Å²) in [7, 11) is 0. The van der Waals surface area contributed by atoms with Gasteiger partial charge in [-0.15, -0.1) is 0 Å². The molecular weight excluding hydrogens is 259 g/mol. The number of halogens is 2. The molecule has 0 radical (unpaired) electrons. The molecule has 1 N–H and O–H groups in total. The quantitative estimate of drug-likeness (QED) is 0.910. The van der Waals surface area contributed by atoms with Crippen molar-refractivity contribution in [3.05, 3.63) is 22.6 Å². The molecule has 0 aliphatic heterocycles. The van der Waals surface area contributed by atoms with Gasteiger partial charge in [-0.2, -0.15) is 0 Å². The van der Waals surface area contributed by atoms with E-state index in [2.05, 4.69) is 33.2 Å². The van der Waals surface area contributed by atoms with Crippen molar-refractivity contribution in [2.75, 3.05) is 5.32 Å². The number of nitrogens with one attached hydrogen (secondary N) is 1. The molecule has 1 atom stereocenters. The van der Waals surface area contributed by atoms with Gasteiger partial charge in [0.05, 0.1) is 0 Å². The lowest BCUT2D eigenvalue weighted by Crippen LogP contribution is -2.31. The van der Waals surface area contributed by atoms with Gasteiger partial charge in [-0.25, -0.2) is 9.37 Å². The molecule has 1 heterocycles. The summed E-state index contributed by atoms with van der Waals surface area (Å²) in [5.41, 5.74) is 0. The first-order chi connectivity index (χ1) is 7.16. The van der Waals surface area contributed by atoms with Crippen molar-refractivity contribution in [1.82, 2.24) is 4.98 Å². The van der Waals surface area contributed by atoms with E-state index in [0.717, 1.165) is 0 Å². The second-order valence-electron chi connectivity index (χ2n) is 4.11. The van der Waals surface area contributed by atoms with Crippen molar-refractivity contribution in [1.29, 1.82) is 0 Å². The lowest BCUT2D eigenvalue weighted by molar-refractivity contribution is 0.284. The molecule has 1 aromatic rings. The summed E-state index contributed by atoms with van der Waals surface area (Å²) in [5, 5.41) is 3.13. The minimum Gasteiger partial charge on any atom is -0.365 e. The van der Waals surface area contributed by atoms with Crippen LogP contribution in [0.5, 0.6) is 0 Å². The van der Waals surface area contributed by atoms with Gasteiger partial charge in [0.1, 0.15) is 0 Å². The number of hydrogen-bond acceptors (Lipinski definition) is 2. The summed E-state index contributed by atoms with van der Waals surface area (Å²) in [5.74, 6) is 0.739. The Morgan fingerprint density at radius 2 is 2.33 bits per heavy atom. The highest BCUT2D eigenvalue weighted by Gasteiger charge is 2.24. The van der Waals surface area contributed by atoms with Crippen LogP contribution >= 0.6 is 15.9 Å². The fourth-order valence-electron chi connectivity index (χ4n) is 1.79. The van der Waals surface area contributed by atoms with Gasteiger partial charge in [0.25, 0.3) is 0 Å². The second kappa shape index (κ2) is 4.47. The molecule has 1 fully saturated rings. The maximum absolute atomic E-state index is 13.4. The van der Waals surface area contributed by atoms with Crippen LogP contribution in [0.2, 0.25) is 0 Å². The molecule has 82 valence electrons. The fourth-order valence-corrected chi connectivity index (χ4v) is 2.10. The third-order valence-electron chi connectivity index (χ3n) is 3.03. The Morgan fingerprint density at radius 3 is 2.87 bits per heavy atom. The summed E-state index contributed by atoms with van der Waals surface area (Å²) in [4.78, 5) is 4.03. The smallest absolute Gasteiger partial charge is 0.166 e. The van der Waals surface area contributed by atoms with E-state index in [1.54, 1.807) is 6.20 Å². The highest BCUT2D eigenvalue weighted by Crippen LogP contribution is 2.31. The zero-order valence-electron chi connectivity index (χ0n) is 8.63. The number of rotatable bonds is 3. The van der Waals surface area contributed by atoms with E-state index in [9.17, 15) is 4.39 Å². The molecule has 1 aromatic heterocycles. The second-order valence-corrected chi connectivity index (χ2v) is 5.02. The predicted octanol–water partition coefficient (Wildman–Crippen LogP) is 3.58. The number of hydrogen-bond donors (Lipinski definition) is 1. The Labute approximate surface area is 97.4 Å². The largest absolute Gasteiger partial charge is 0.365 e. The minimum atomic E-state index is -0.296. The zero-order valence-corrected chi connectivity index (χ0v) is 10.2. The number of aromatic nitrogens is 1. The first-order valence-corrected chi connectivity index (χ1v) is 6.03. The molecule has 0 saturated heterocycles. The minimum absolute atomic E-state index is 0.296. The van der Waals surface area contributed by atoms with Crippen molar-refractivity contribution < 1.29 is 4.39 Å². The first kappa shape index (κ1) is 10.9. The maximum Gasteiger partial charge on any atom is 0.166 e. The van der Waals surface area contributed by atoms with Gasteiger partial charge in [-0.3, -0.25) is 0 Å². The molecular formula is C11H14BrFN2. The van der Waals surface area contributed by atoms with E-state index in [1.165, 1.54) is 25.3 Å². The monoisotopic (exact) mass is 272 g/mol. The standard InChI is InChI=1S/C11H14BrFN2/c1-7(8-3-2-4-8)15-11-10(13)5-9(12)6-14-11/h5-8H,2-4H2,1H3,(H,14,15). The molecule has 2 nitrogen and oxygen atoms in total. The van der Waals surface area contributed by atoms with Crippen molar-refractivity contribution in [3.8, 4) is 0 Å². The van der Waals surface area contributed by atoms with Crippen LogP contribution in [0.4, 0.5) is 10.2 Å². The van der Waals surface area contributed by atoms with Crippen molar-refractivity contribution in [2.24, 2.45) is 5.92 Å². The van der Waals surface area contributed by atoms with E-state index < -0.39 is 0 Å². The highest BCUT2D eigenvalue weighted by molar-refractivity contribution is 9.10.